The summed E-state index contributed by atoms with van der Waals surface area (Å²) in [5, 5.41) is 4.46. The first-order chi connectivity index (χ1) is 10.0. The monoisotopic (exact) mass is 376 g/mol. The molecule has 1 aromatic carbocycles. The minimum absolute atomic E-state index is 0.00495. The Bertz CT molecular complexity index is 656. The average Bonchev–Trinajstić information content (AvgIpc) is 2.84. The number of aryl methyl sites for hydroxylation is 1. The second-order valence-electron chi connectivity index (χ2n) is 4.69. The lowest BCUT2D eigenvalue weighted by Gasteiger charge is -2.10. The molecular formula is C15H16BrClF2N2. The smallest absolute Gasteiger partial charge is 0.145 e. The number of alkyl halides is 1. The lowest BCUT2D eigenvalue weighted by Crippen LogP contribution is -2.10. The number of nitrogens with zero attached hydrogens (tertiary/aromatic N) is 2. The van der Waals surface area contributed by atoms with E-state index in [9.17, 15) is 8.78 Å². The largest absolute Gasteiger partial charge is 0.264 e. The van der Waals surface area contributed by atoms with Gasteiger partial charge in [-0.2, -0.15) is 5.10 Å². The number of rotatable bonds is 5. The van der Waals surface area contributed by atoms with Crippen LogP contribution in [0.3, 0.4) is 0 Å². The zero-order chi connectivity index (χ0) is 15.6. The van der Waals surface area contributed by atoms with Gasteiger partial charge in [0.1, 0.15) is 11.6 Å². The minimum atomic E-state index is -0.585. The summed E-state index contributed by atoms with van der Waals surface area (Å²) in [4.78, 5) is 0. The summed E-state index contributed by atoms with van der Waals surface area (Å²) < 4.78 is 29.9. The van der Waals surface area contributed by atoms with Gasteiger partial charge in [-0.3, -0.25) is 4.68 Å². The molecular weight excluding hydrogens is 362 g/mol. The third-order valence-corrected chi connectivity index (χ3v) is 4.38. The molecule has 0 atom stereocenters. The lowest BCUT2D eigenvalue weighted by molar-refractivity contribution is 0.522. The fourth-order valence-corrected chi connectivity index (χ4v) is 3.10. The Kier molecular flexibility index (Phi) is 5.38. The van der Waals surface area contributed by atoms with Crippen LogP contribution in [0.15, 0.2) is 16.6 Å². The SMILES string of the molecule is CCc1nn(Cc2c(F)ccc(Br)c2F)c(CC)c1CCl. The van der Waals surface area contributed by atoms with Gasteiger partial charge < -0.3 is 0 Å². The molecule has 0 aliphatic carbocycles. The highest BCUT2D eigenvalue weighted by Crippen LogP contribution is 2.25. The van der Waals surface area contributed by atoms with Gasteiger partial charge >= 0.3 is 0 Å². The van der Waals surface area contributed by atoms with Crippen molar-refractivity contribution in [1.29, 1.82) is 0 Å². The minimum Gasteiger partial charge on any atom is -0.264 e. The third-order valence-electron chi connectivity index (χ3n) is 3.50. The van der Waals surface area contributed by atoms with Crippen molar-refractivity contribution in [3.63, 3.8) is 0 Å². The number of benzene rings is 1. The van der Waals surface area contributed by atoms with Gasteiger partial charge in [-0.15, -0.1) is 11.6 Å². The normalized spacial score (nSPS) is 11.1. The Balaban J connectivity index is 2.50. The standard InChI is InChI=1S/C15H16BrClF2N2/c1-3-13-9(7-17)14(4-2)21(20-13)8-10-12(18)6-5-11(16)15(10)19/h5-6H,3-4,7-8H2,1-2H3. The third kappa shape index (κ3) is 3.14. The van der Waals surface area contributed by atoms with E-state index in [0.717, 1.165) is 23.4 Å². The summed E-state index contributed by atoms with van der Waals surface area (Å²) in [6.45, 7) is 4.03. The molecule has 0 spiro atoms. The first kappa shape index (κ1) is 16.4. The van der Waals surface area contributed by atoms with Crippen molar-refractivity contribution in [2.75, 3.05) is 0 Å². The van der Waals surface area contributed by atoms with Crippen LogP contribution in [0, 0.1) is 11.6 Å². The van der Waals surface area contributed by atoms with Crippen molar-refractivity contribution < 1.29 is 8.78 Å². The van der Waals surface area contributed by atoms with E-state index in [0.29, 0.717) is 12.3 Å². The average molecular weight is 378 g/mol. The molecule has 2 aromatic rings. The Morgan fingerprint density at radius 3 is 2.48 bits per heavy atom. The quantitative estimate of drug-likeness (QED) is 0.539. The molecule has 0 unspecified atom stereocenters. The molecule has 0 aliphatic rings. The molecule has 2 rings (SSSR count). The van der Waals surface area contributed by atoms with E-state index in [1.165, 1.54) is 12.1 Å². The highest BCUT2D eigenvalue weighted by molar-refractivity contribution is 9.10. The van der Waals surface area contributed by atoms with E-state index >= 15 is 0 Å². The van der Waals surface area contributed by atoms with E-state index < -0.39 is 11.6 Å². The van der Waals surface area contributed by atoms with Crippen molar-refractivity contribution in [1.82, 2.24) is 9.78 Å². The molecule has 1 heterocycles. The summed E-state index contributed by atoms with van der Waals surface area (Å²) in [5.74, 6) is -0.799. The fourth-order valence-electron chi connectivity index (χ4n) is 2.42. The number of hydrogen-bond donors (Lipinski definition) is 0. The molecule has 2 nitrogen and oxygen atoms in total. The van der Waals surface area contributed by atoms with Gasteiger partial charge in [-0.05, 0) is 40.9 Å². The first-order valence-corrected chi connectivity index (χ1v) is 8.11. The van der Waals surface area contributed by atoms with Crippen LogP contribution < -0.4 is 0 Å². The van der Waals surface area contributed by atoms with Crippen LogP contribution in [-0.4, -0.2) is 9.78 Å². The molecule has 0 aliphatic heterocycles. The van der Waals surface area contributed by atoms with Crippen molar-refractivity contribution >= 4 is 27.5 Å². The predicted molar refractivity (Wildman–Crippen MR) is 83.7 cm³/mol. The van der Waals surface area contributed by atoms with Gasteiger partial charge in [0.05, 0.1) is 22.6 Å². The maximum atomic E-state index is 14.1. The second-order valence-corrected chi connectivity index (χ2v) is 5.81. The number of aromatic nitrogens is 2. The van der Waals surface area contributed by atoms with Crippen LogP contribution in [0.1, 0.15) is 36.4 Å². The fraction of sp³-hybridized carbons (Fsp3) is 0.400. The van der Waals surface area contributed by atoms with Gasteiger partial charge in [-0.25, -0.2) is 8.78 Å². The van der Waals surface area contributed by atoms with Crippen LogP contribution >= 0.6 is 27.5 Å². The van der Waals surface area contributed by atoms with Crippen molar-refractivity contribution in [3.05, 3.63) is 50.8 Å². The summed E-state index contributed by atoms with van der Waals surface area (Å²) in [5.41, 5.74) is 2.79. The maximum Gasteiger partial charge on any atom is 0.145 e. The Labute approximate surface area is 136 Å². The van der Waals surface area contributed by atoms with Gasteiger partial charge in [0.25, 0.3) is 0 Å². The van der Waals surface area contributed by atoms with Crippen molar-refractivity contribution in [3.8, 4) is 0 Å². The van der Waals surface area contributed by atoms with Crippen LogP contribution in [0.5, 0.6) is 0 Å². The van der Waals surface area contributed by atoms with E-state index in [2.05, 4.69) is 21.0 Å². The Hall–Kier alpha value is -0.940. The van der Waals surface area contributed by atoms with Gasteiger partial charge in [0, 0.05) is 16.8 Å². The van der Waals surface area contributed by atoms with Gasteiger partial charge in [0.15, 0.2) is 0 Å². The van der Waals surface area contributed by atoms with Crippen molar-refractivity contribution in [2.45, 2.75) is 39.1 Å². The molecule has 0 N–H and O–H groups in total. The van der Waals surface area contributed by atoms with E-state index in [1.54, 1.807) is 4.68 Å². The van der Waals surface area contributed by atoms with Crippen LogP contribution in [-0.2, 0) is 25.3 Å². The van der Waals surface area contributed by atoms with Gasteiger partial charge in [-0.1, -0.05) is 13.8 Å². The van der Waals surface area contributed by atoms with Gasteiger partial charge in [0.2, 0.25) is 0 Å². The Morgan fingerprint density at radius 1 is 1.19 bits per heavy atom. The van der Waals surface area contributed by atoms with E-state index in [1.807, 2.05) is 13.8 Å². The predicted octanol–water partition coefficient (Wildman–Crippen LogP) is 4.84. The summed E-state index contributed by atoms with van der Waals surface area (Å²) in [6, 6.07) is 2.61. The van der Waals surface area contributed by atoms with Crippen LogP contribution in [0.2, 0.25) is 0 Å². The number of halogens is 4. The topological polar surface area (TPSA) is 17.8 Å². The van der Waals surface area contributed by atoms with Crippen LogP contribution in [0.4, 0.5) is 8.78 Å². The molecule has 0 amide bonds. The zero-order valence-electron chi connectivity index (χ0n) is 11.9. The molecule has 0 bridgehead atoms. The molecule has 1 aromatic heterocycles. The summed E-state index contributed by atoms with van der Waals surface area (Å²) in [6.07, 6.45) is 1.46. The Morgan fingerprint density at radius 2 is 1.90 bits per heavy atom. The first-order valence-electron chi connectivity index (χ1n) is 6.79. The molecule has 0 radical (unpaired) electrons. The molecule has 21 heavy (non-hydrogen) atoms. The number of hydrogen-bond acceptors (Lipinski definition) is 1. The summed E-state index contributed by atoms with van der Waals surface area (Å²) >= 11 is 9.07. The molecule has 6 heteroatoms. The maximum absolute atomic E-state index is 14.1. The molecule has 0 saturated heterocycles. The van der Waals surface area contributed by atoms with E-state index in [-0.39, 0.29) is 16.6 Å². The highest BCUT2D eigenvalue weighted by Gasteiger charge is 2.18. The van der Waals surface area contributed by atoms with Crippen molar-refractivity contribution in [2.24, 2.45) is 0 Å². The molecule has 114 valence electrons. The second kappa shape index (κ2) is 6.88. The molecule has 0 fully saturated rings. The highest BCUT2D eigenvalue weighted by atomic mass is 79.9. The molecule has 0 saturated carbocycles. The summed E-state index contributed by atoms with van der Waals surface area (Å²) in [7, 11) is 0. The zero-order valence-corrected chi connectivity index (χ0v) is 14.2. The van der Waals surface area contributed by atoms with Crippen LogP contribution in [0.25, 0.3) is 0 Å². The lowest BCUT2D eigenvalue weighted by atomic mass is 10.1. The van der Waals surface area contributed by atoms with E-state index in [4.69, 9.17) is 11.6 Å².